The average molecular weight is 347 g/mol. The van der Waals surface area contributed by atoms with Crippen molar-refractivity contribution < 1.29 is 14.0 Å². The molecule has 7 nitrogen and oxygen atoms in total. The molecule has 2 aromatic rings. The van der Waals surface area contributed by atoms with Gasteiger partial charge in [0.25, 0.3) is 0 Å². The first-order valence-electron chi connectivity index (χ1n) is 8.00. The number of hydrogen-bond acceptors (Lipinski definition) is 3. The molecule has 1 heterocycles. The second kappa shape index (κ2) is 8.81. The molecule has 0 unspecified atom stereocenters. The van der Waals surface area contributed by atoms with Gasteiger partial charge in [0.2, 0.25) is 5.91 Å². The summed E-state index contributed by atoms with van der Waals surface area (Å²) >= 11 is 0. The van der Waals surface area contributed by atoms with Gasteiger partial charge in [-0.25, -0.2) is 13.9 Å². The predicted octanol–water partition coefficient (Wildman–Crippen LogP) is 1.45. The Bertz CT molecular complexity index is 731. The molecule has 1 aromatic carbocycles. The number of alkyl halides is 1. The zero-order valence-corrected chi connectivity index (χ0v) is 14.3. The van der Waals surface area contributed by atoms with Crippen LogP contribution in [0.5, 0.6) is 0 Å². The van der Waals surface area contributed by atoms with Gasteiger partial charge < -0.3 is 16.0 Å². The molecule has 1 aromatic heterocycles. The number of benzene rings is 1. The highest BCUT2D eigenvalue weighted by atomic mass is 19.1. The third-order valence-corrected chi connectivity index (χ3v) is 3.53. The Balaban J connectivity index is 1.93. The molecule has 0 aliphatic heterocycles. The maximum atomic E-state index is 12.0. The van der Waals surface area contributed by atoms with Crippen molar-refractivity contribution in [3.8, 4) is 5.69 Å². The Morgan fingerprint density at radius 3 is 2.68 bits per heavy atom. The molecule has 0 saturated heterocycles. The molecule has 3 amide bonds. The number of aromatic nitrogens is 2. The Hall–Kier alpha value is -2.90. The Morgan fingerprint density at radius 2 is 2.00 bits per heavy atom. The van der Waals surface area contributed by atoms with Crippen molar-refractivity contribution in [1.29, 1.82) is 0 Å². The van der Waals surface area contributed by atoms with Crippen molar-refractivity contribution in [2.24, 2.45) is 0 Å². The largest absolute Gasteiger partial charge is 0.352 e. The lowest BCUT2D eigenvalue weighted by Gasteiger charge is -2.15. The van der Waals surface area contributed by atoms with E-state index in [2.05, 4.69) is 21.0 Å². The Morgan fingerprint density at radius 1 is 1.24 bits per heavy atom. The lowest BCUT2D eigenvalue weighted by Crippen LogP contribution is -2.48. The highest BCUT2D eigenvalue weighted by Gasteiger charge is 2.15. The number of carbonyl (C=O) groups is 2. The van der Waals surface area contributed by atoms with E-state index in [4.69, 9.17) is 0 Å². The van der Waals surface area contributed by atoms with Crippen LogP contribution in [-0.2, 0) is 11.3 Å². The number of rotatable bonds is 7. The molecule has 1 atom stereocenters. The molecule has 0 aliphatic rings. The first-order valence-corrected chi connectivity index (χ1v) is 8.00. The van der Waals surface area contributed by atoms with Crippen molar-refractivity contribution in [1.82, 2.24) is 25.7 Å². The first kappa shape index (κ1) is 18.4. The fourth-order valence-corrected chi connectivity index (χ4v) is 2.25. The van der Waals surface area contributed by atoms with Crippen molar-refractivity contribution in [3.05, 3.63) is 47.8 Å². The number of nitrogens with zero attached hydrogens (tertiary/aromatic N) is 2. The standard InChI is InChI=1S/C17H22FN5O2/c1-12-7-10-23(22-12)15-6-4-3-5-14(15)11-20-17(25)21-13(2)16(24)19-9-8-18/h3-7,10,13H,8-9,11H2,1-2H3,(H,19,24)(H2,20,21,25)/t13-/m0/s1. The minimum Gasteiger partial charge on any atom is -0.352 e. The summed E-state index contributed by atoms with van der Waals surface area (Å²) in [6, 6.07) is 8.24. The van der Waals surface area contributed by atoms with Gasteiger partial charge in [-0.15, -0.1) is 0 Å². The maximum absolute atomic E-state index is 12.0. The van der Waals surface area contributed by atoms with Gasteiger partial charge in [0.05, 0.1) is 11.4 Å². The fraction of sp³-hybridized carbons (Fsp3) is 0.353. The molecule has 3 N–H and O–H groups in total. The lowest BCUT2D eigenvalue weighted by molar-refractivity contribution is -0.122. The lowest BCUT2D eigenvalue weighted by atomic mass is 10.2. The summed E-state index contributed by atoms with van der Waals surface area (Å²) < 4.78 is 13.8. The highest BCUT2D eigenvalue weighted by Crippen LogP contribution is 2.13. The van der Waals surface area contributed by atoms with Crippen LogP contribution >= 0.6 is 0 Å². The minimum absolute atomic E-state index is 0.0663. The molecule has 25 heavy (non-hydrogen) atoms. The number of para-hydroxylation sites is 1. The molecular formula is C17H22FN5O2. The summed E-state index contributed by atoms with van der Waals surface area (Å²) in [6.45, 7) is 3.00. The second-order valence-corrected chi connectivity index (χ2v) is 5.56. The van der Waals surface area contributed by atoms with Gasteiger partial charge in [-0.1, -0.05) is 18.2 Å². The molecule has 2 rings (SSSR count). The molecule has 0 radical (unpaired) electrons. The van der Waals surface area contributed by atoms with E-state index in [0.29, 0.717) is 0 Å². The van der Waals surface area contributed by atoms with E-state index in [0.717, 1.165) is 16.9 Å². The van der Waals surface area contributed by atoms with Crippen LogP contribution in [-0.4, -0.2) is 41.0 Å². The number of hydrogen-bond donors (Lipinski definition) is 3. The van der Waals surface area contributed by atoms with Crippen LogP contribution in [0.2, 0.25) is 0 Å². The van der Waals surface area contributed by atoms with E-state index in [1.165, 1.54) is 6.92 Å². The SMILES string of the molecule is Cc1ccn(-c2ccccc2CNC(=O)N[C@@H](C)C(=O)NCCF)n1. The molecule has 134 valence electrons. The number of urea groups is 1. The average Bonchev–Trinajstić information content (AvgIpc) is 3.04. The Labute approximate surface area is 145 Å². The second-order valence-electron chi connectivity index (χ2n) is 5.56. The van der Waals surface area contributed by atoms with Crippen LogP contribution in [0.3, 0.4) is 0 Å². The van der Waals surface area contributed by atoms with E-state index >= 15 is 0 Å². The number of aryl methyl sites for hydroxylation is 1. The summed E-state index contributed by atoms with van der Waals surface area (Å²) in [7, 11) is 0. The predicted molar refractivity (Wildman–Crippen MR) is 92.1 cm³/mol. The third-order valence-electron chi connectivity index (χ3n) is 3.53. The molecule has 0 saturated carbocycles. The van der Waals surface area contributed by atoms with Gasteiger partial charge >= 0.3 is 6.03 Å². The molecule has 0 spiro atoms. The summed E-state index contributed by atoms with van der Waals surface area (Å²) in [5.74, 6) is -0.430. The number of carbonyl (C=O) groups excluding carboxylic acids is 2. The number of nitrogens with one attached hydrogen (secondary N) is 3. The van der Waals surface area contributed by atoms with Crippen LogP contribution in [0, 0.1) is 6.92 Å². The van der Waals surface area contributed by atoms with Gasteiger partial charge in [-0.3, -0.25) is 4.79 Å². The zero-order valence-electron chi connectivity index (χ0n) is 14.3. The van der Waals surface area contributed by atoms with Gasteiger partial charge in [0, 0.05) is 19.3 Å². The summed E-state index contributed by atoms with van der Waals surface area (Å²) in [6.07, 6.45) is 1.85. The third kappa shape index (κ3) is 5.30. The van der Waals surface area contributed by atoms with Crippen LogP contribution < -0.4 is 16.0 Å². The quantitative estimate of drug-likeness (QED) is 0.708. The van der Waals surface area contributed by atoms with Crippen LogP contribution in [0.1, 0.15) is 18.2 Å². The Kier molecular flexibility index (Phi) is 6.50. The monoisotopic (exact) mass is 347 g/mol. The molecule has 0 fully saturated rings. The van der Waals surface area contributed by atoms with E-state index in [-0.39, 0.29) is 13.1 Å². The first-order chi connectivity index (χ1) is 12.0. The number of amides is 3. The fourth-order valence-electron chi connectivity index (χ4n) is 2.25. The molecule has 0 aliphatic carbocycles. The summed E-state index contributed by atoms with van der Waals surface area (Å²) in [4.78, 5) is 23.6. The van der Waals surface area contributed by atoms with Gasteiger partial charge in [0.15, 0.2) is 0 Å². The normalized spacial score (nSPS) is 11.6. The van der Waals surface area contributed by atoms with E-state index in [1.54, 1.807) is 4.68 Å². The molecular weight excluding hydrogens is 325 g/mol. The van der Waals surface area contributed by atoms with Crippen LogP contribution in [0.25, 0.3) is 5.69 Å². The van der Waals surface area contributed by atoms with Gasteiger partial charge in [-0.2, -0.15) is 5.10 Å². The van der Waals surface area contributed by atoms with Crippen molar-refractivity contribution in [2.75, 3.05) is 13.2 Å². The van der Waals surface area contributed by atoms with Crippen molar-refractivity contribution >= 4 is 11.9 Å². The van der Waals surface area contributed by atoms with Gasteiger partial charge in [-0.05, 0) is 31.5 Å². The summed E-state index contributed by atoms with van der Waals surface area (Å²) in [5.41, 5.74) is 2.65. The highest BCUT2D eigenvalue weighted by molar-refractivity contribution is 5.86. The van der Waals surface area contributed by atoms with Crippen LogP contribution in [0.4, 0.5) is 9.18 Å². The summed E-state index contributed by atoms with van der Waals surface area (Å²) in [5, 5.41) is 12.0. The van der Waals surface area contributed by atoms with Crippen molar-refractivity contribution in [2.45, 2.75) is 26.4 Å². The molecule has 8 heteroatoms. The smallest absolute Gasteiger partial charge is 0.315 e. The van der Waals surface area contributed by atoms with E-state index in [9.17, 15) is 14.0 Å². The van der Waals surface area contributed by atoms with Gasteiger partial charge in [0.1, 0.15) is 12.7 Å². The van der Waals surface area contributed by atoms with E-state index in [1.807, 2.05) is 43.5 Å². The van der Waals surface area contributed by atoms with Crippen molar-refractivity contribution in [3.63, 3.8) is 0 Å². The maximum Gasteiger partial charge on any atom is 0.315 e. The topological polar surface area (TPSA) is 88.0 Å². The van der Waals surface area contributed by atoms with E-state index < -0.39 is 24.7 Å². The zero-order chi connectivity index (χ0) is 18.2. The number of halogens is 1. The minimum atomic E-state index is -0.754. The van der Waals surface area contributed by atoms with Crippen LogP contribution in [0.15, 0.2) is 36.5 Å². The molecule has 0 bridgehead atoms.